The van der Waals surface area contributed by atoms with Crippen LogP contribution in [0.4, 0.5) is 0 Å². The molecule has 0 aromatic carbocycles. The van der Waals surface area contributed by atoms with Gasteiger partial charge in [0.25, 0.3) is 0 Å². The van der Waals surface area contributed by atoms with Crippen LogP contribution in [0.5, 0.6) is 0 Å². The van der Waals surface area contributed by atoms with Crippen LogP contribution in [0.3, 0.4) is 0 Å². The first kappa shape index (κ1) is 14.5. The molecule has 0 spiro atoms. The van der Waals surface area contributed by atoms with Gasteiger partial charge in [0.05, 0.1) is 6.54 Å². The molecule has 1 aromatic rings. The van der Waals surface area contributed by atoms with Gasteiger partial charge >= 0.3 is 0 Å². The van der Waals surface area contributed by atoms with Crippen LogP contribution in [0.2, 0.25) is 0 Å². The highest BCUT2D eigenvalue weighted by Crippen LogP contribution is 2.25. The number of hydrogen-bond donors (Lipinski definition) is 1. The third-order valence-corrected chi connectivity index (χ3v) is 3.82. The zero-order chi connectivity index (χ0) is 14.0. The summed E-state index contributed by atoms with van der Waals surface area (Å²) in [4.78, 5) is 2.37. The van der Waals surface area contributed by atoms with Gasteiger partial charge in [0, 0.05) is 18.0 Å². The lowest BCUT2D eigenvalue weighted by molar-refractivity contribution is 0.104. The second-order valence-corrected chi connectivity index (χ2v) is 6.74. The van der Waals surface area contributed by atoms with Gasteiger partial charge in [0.2, 0.25) is 11.8 Å². The van der Waals surface area contributed by atoms with Crippen molar-refractivity contribution in [1.82, 2.24) is 15.1 Å². The number of hydrogen-bond acceptors (Lipinski definition) is 5. The molecule has 108 valence electrons. The Labute approximate surface area is 115 Å². The van der Waals surface area contributed by atoms with Crippen LogP contribution in [-0.2, 0) is 12.0 Å². The fourth-order valence-corrected chi connectivity index (χ4v) is 2.55. The van der Waals surface area contributed by atoms with Gasteiger partial charge in [-0.1, -0.05) is 27.7 Å². The van der Waals surface area contributed by atoms with E-state index in [0.29, 0.717) is 24.4 Å². The SMILES string of the molecule is CC1CCN(Cc2nnc(C(C)(C)C)o2)C(CN)C1. The van der Waals surface area contributed by atoms with Crippen LogP contribution in [-0.4, -0.2) is 34.2 Å². The van der Waals surface area contributed by atoms with E-state index in [9.17, 15) is 0 Å². The Morgan fingerprint density at radius 1 is 1.37 bits per heavy atom. The standard InChI is InChI=1S/C14H26N4O/c1-10-5-6-18(11(7-10)8-15)9-12-16-17-13(19-12)14(2,3)4/h10-11H,5-9,15H2,1-4H3. The molecule has 2 unspecified atom stereocenters. The van der Waals surface area contributed by atoms with Crippen LogP contribution in [0, 0.1) is 5.92 Å². The van der Waals surface area contributed by atoms with E-state index in [0.717, 1.165) is 25.4 Å². The Balaban J connectivity index is 2.02. The lowest BCUT2D eigenvalue weighted by atomic mass is 9.92. The number of nitrogens with zero attached hydrogens (tertiary/aromatic N) is 3. The molecule has 2 rings (SSSR count). The van der Waals surface area contributed by atoms with E-state index in [1.165, 1.54) is 6.42 Å². The maximum Gasteiger partial charge on any atom is 0.230 e. The molecule has 0 bridgehead atoms. The van der Waals surface area contributed by atoms with E-state index in [1.54, 1.807) is 0 Å². The molecule has 1 aliphatic heterocycles. The summed E-state index contributed by atoms with van der Waals surface area (Å²) in [5.41, 5.74) is 5.79. The van der Waals surface area contributed by atoms with Gasteiger partial charge in [0.1, 0.15) is 0 Å². The van der Waals surface area contributed by atoms with Gasteiger partial charge in [-0.3, -0.25) is 4.90 Å². The summed E-state index contributed by atoms with van der Waals surface area (Å²) in [5.74, 6) is 2.17. The molecule has 5 nitrogen and oxygen atoms in total. The molecular weight excluding hydrogens is 240 g/mol. The van der Waals surface area contributed by atoms with Crippen LogP contribution in [0.25, 0.3) is 0 Å². The van der Waals surface area contributed by atoms with Crippen molar-refractivity contribution in [3.8, 4) is 0 Å². The van der Waals surface area contributed by atoms with Crippen molar-refractivity contribution in [2.75, 3.05) is 13.1 Å². The topological polar surface area (TPSA) is 68.2 Å². The zero-order valence-electron chi connectivity index (χ0n) is 12.5. The molecule has 1 aliphatic rings. The third kappa shape index (κ3) is 3.54. The number of likely N-dealkylation sites (tertiary alicyclic amines) is 1. The first-order chi connectivity index (χ1) is 8.90. The summed E-state index contributed by atoms with van der Waals surface area (Å²) in [6.07, 6.45) is 2.38. The predicted octanol–water partition coefficient (Wildman–Crippen LogP) is 1.93. The normalized spacial score (nSPS) is 25.7. The quantitative estimate of drug-likeness (QED) is 0.905. The van der Waals surface area contributed by atoms with E-state index in [1.807, 2.05) is 0 Å². The number of piperidine rings is 1. The molecule has 1 fully saturated rings. The summed E-state index contributed by atoms with van der Waals surface area (Å²) < 4.78 is 5.77. The fraction of sp³-hybridized carbons (Fsp3) is 0.857. The predicted molar refractivity (Wildman–Crippen MR) is 74.6 cm³/mol. The summed E-state index contributed by atoms with van der Waals surface area (Å²) in [6.45, 7) is 11.0. The van der Waals surface area contributed by atoms with Gasteiger partial charge in [0.15, 0.2) is 0 Å². The maximum absolute atomic E-state index is 5.88. The van der Waals surface area contributed by atoms with Gasteiger partial charge in [-0.05, 0) is 25.3 Å². The molecule has 19 heavy (non-hydrogen) atoms. The molecule has 1 saturated heterocycles. The van der Waals surface area contributed by atoms with E-state index < -0.39 is 0 Å². The average molecular weight is 266 g/mol. The van der Waals surface area contributed by atoms with Gasteiger partial charge < -0.3 is 10.2 Å². The van der Waals surface area contributed by atoms with Crippen molar-refractivity contribution in [1.29, 1.82) is 0 Å². The van der Waals surface area contributed by atoms with E-state index in [2.05, 4.69) is 42.8 Å². The molecule has 2 atom stereocenters. The smallest absolute Gasteiger partial charge is 0.230 e. The Bertz CT molecular complexity index is 410. The Hall–Kier alpha value is -0.940. The second-order valence-electron chi connectivity index (χ2n) is 6.74. The molecule has 2 N–H and O–H groups in total. The van der Waals surface area contributed by atoms with E-state index >= 15 is 0 Å². The minimum atomic E-state index is -0.0884. The van der Waals surface area contributed by atoms with Crippen molar-refractivity contribution in [2.45, 2.75) is 58.5 Å². The van der Waals surface area contributed by atoms with Crippen LogP contribution < -0.4 is 5.73 Å². The van der Waals surface area contributed by atoms with Crippen molar-refractivity contribution in [2.24, 2.45) is 11.7 Å². The van der Waals surface area contributed by atoms with Crippen LogP contribution >= 0.6 is 0 Å². The summed E-state index contributed by atoms with van der Waals surface area (Å²) in [6, 6.07) is 0.439. The minimum absolute atomic E-state index is 0.0884. The van der Waals surface area contributed by atoms with Crippen LogP contribution in [0.15, 0.2) is 4.42 Å². The average Bonchev–Trinajstić information content (AvgIpc) is 2.79. The first-order valence-electron chi connectivity index (χ1n) is 7.17. The Morgan fingerprint density at radius 2 is 2.11 bits per heavy atom. The lowest BCUT2D eigenvalue weighted by Gasteiger charge is -2.37. The van der Waals surface area contributed by atoms with Gasteiger partial charge in [-0.2, -0.15) is 0 Å². The largest absolute Gasteiger partial charge is 0.423 e. The minimum Gasteiger partial charge on any atom is -0.423 e. The van der Waals surface area contributed by atoms with Crippen molar-refractivity contribution in [3.63, 3.8) is 0 Å². The molecular formula is C14H26N4O. The van der Waals surface area contributed by atoms with Gasteiger partial charge in [-0.15, -0.1) is 10.2 Å². The molecule has 0 amide bonds. The van der Waals surface area contributed by atoms with E-state index in [-0.39, 0.29) is 5.41 Å². The molecule has 0 radical (unpaired) electrons. The Morgan fingerprint density at radius 3 is 2.68 bits per heavy atom. The Kier molecular flexibility index (Phi) is 4.26. The summed E-state index contributed by atoms with van der Waals surface area (Å²) in [5, 5.41) is 8.31. The van der Waals surface area contributed by atoms with Gasteiger partial charge in [-0.25, -0.2) is 0 Å². The molecule has 0 saturated carbocycles. The summed E-state index contributed by atoms with van der Waals surface area (Å²) >= 11 is 0. The second kappa shape index (κ2) is 5.59. The first-order valence-corrected chi connectivity index (χ1v) is 7.17. The van der Waals surface area contributed by atoms with Crippen LogP contribution in [0.1, 0.15) is 52.3 Å². The fourth-order valence-electron chi connectivity index (χ4n) is 2.55. The highest BCUT2D eigenvalue weighted by Gasteiger charge is 2.27. The van der Waals surface area contributed by atoms with Crippen molar-refractivity contribution >= 4 is 0 Å². The highest BCUT2D eigenvalue weighted by molar-refractivity contribution is 4.96. The number of nitrogens with two attached hydrogens (primary N) is 1. The molecule has 0 aliphatic carbocycles. The molecule has 5 heteroatoms. The highest BCUT2D eigenvalue weighted by atomic mass is 16.4. The zero-order valence-corrected chi connectivity index (χ0v) is 12.5. The summed E-state index contributed by atoms with van der Waals surface area (Å²) in [7, 11) is 0. The lowest BCUT2D eigenvalue weighted by Crippen LogP contribution is -2.45. The number of aromatic nitrogens is 2. The maximum atomic E-state index is 5.88. The van der Waals surface area contributed by atoms with E-state index in [4.69, 9.17) is 10.2 Å². The van der Waals surface area contributed by atoms with Crippen molar-refractivity contribution < 1.29 is 4.42 Å². The molecule has 1 aromatic heterocycles. The third-order valence-electron chi connectivity index (χ3n) is 3.82. The monoisotopic (exact) mass is 266 g/mol. The van der Waals surface area contributed by atoms with Crippen molar-refractivity contribution in [3.05, 3.63) is 11.8 Å². The number of rotatable bonds is 3. The molecule has 2 heterocycles.